The molecule has 1 aromatic heterocycles. The molecule has 3 aromatic carbocycles. The highest BCUT2D eigenvalue weighted by atomic mass is 19.1. The average molecular weight is 472 g/mol. The number of rotatable bonds is 7. The Morgan fingerprint density at radius 2 is 1.49 bits per heavy atom. The maximum Gasteiger partial charge on any atom is 0.232 e. The van der Waals surface area contributed by atoms with Crippen molar-refractivity contribution in [1.82, 2.24) is 19.9 Å². The van der Waals surface area contributed by atoms with E-state index >= 15 is 0 Å². The number of nitrogen functional groups attached to an aromatic ring is 1. The minimum atomic E-state index is -0.222. The summed E-state index contributed by atoms with van der Waals surface area (Å²) in [5, 5.41) is 3.19. The quantitative estimate of drug-likeness (QED) is 0.408. The molecule has 0 aliphatic carbocycles. The van der Waals surface area contributed by atoms with Gasteiger partial charge in [0.15, 0.2) is 0 Å². The molecule has 4 aromatic rings. The van der Waals surface area contributed by atoms with Crippen LogP contribution in [0.1, 0.15) is 5.82 Å². The molecular formula is C26H26FN7O. The molecule has 178 valence electrons. The van der Waals surface area contributed by atoms with Crippen molar-refractivity contribution in [3.05, 3.63) is 90.5 Å². The number of aromatic nitrogens is 3. The molecule has 0 saturated carbocycles. The topological polar surface area (TPSA) is 92.4 Å². The molecule has 0 spiro atoms. The molecule has 8 nitrogen and oxygen atoms in total. The molecule has 0 bridgehead atoms. The zero-order chi connectivity index (χ0) is 24.0. The number of benzene rings is 3. The van der Waals surface area contributed by atoms with E-state index < -0.39 is 0 Å². The van der Waals surface area contributed by atoms with Crippen molar-refractivity contribution in [2.24, 2.45) is 0 Å². The molecule has 0 amide bonds. The number of nitrogens with one attached hydrogen (secondary N) is 1. The number of para-hydroxylation sites is 1. The lowest BCUT2D eigenvalue weighted by Crippen LogP contribution is -2.46. The van der Waals surface area contributed by atoms with Gasteiger partial charge in [0.25, 0.3) is 0 Å². The number of piperazine rings is 1. The Morgan fingerprint density at radius 1 is 0.800 bits per heavy atom. The Kier molecular flexibility index (Phi) is 6.67. The van der Waals surface area contributed by atoms with Crippen LogP contribution in [0, 0.1) is 5.82 Å². The summed E-state index contributed by atoms with van der Waals surface area (Å²) < 4.78 is 19.0. The van der Waals surface area contributed by atoms with E-state index in [0.29, 0.717) is 18.3 Å². The molecule has 1 aliphatic rings. The summed E-state index contributed by atoms with van der Waals surface area (Å²) in [5.41, 5.74) is 7.80. The van der Waals surface area contributed by atoms with E-state index in [1.807, 2.05) is 66.7 Å². The lowest BCUT2D eigenvalue weighted by Gasteiger charge is -2.35. The highest BCUT2D eigenvalue weighted by Crippen LogP contribution is 2.24. The predicted molar refractivity (Wildman–Crippen MR) is 134 cm³/mol. The largest absolute Gasteiger partial charge is 0.457 e. The monoisotopic (exact) mass is 471 g/mol. The Hall–Kier alpha value is -4.24. The molecule has 2 heterocycles. The van der Waals surface area contributed by atoms with Crippen LogP contribution in [0.15, 0.2) is 78.9 Å². The Morgan fingerprint density at radius 3 is 2.20 bits per heavy atom. The van der Waals surface area contributed by atoms with Crippen molar-refractivity contribution in [2.45, 2.75) is 6.54 Å². The third-order valence-corrected chi connectivity index (χ3v) is 5.72. The maximum absolute atomic E-state index is 13.2. The van der Waals surface area contributed by atoms with E-state index in [0.717, 1.165) is 49.1 Å². The standard InChI is InChI=1S/C26H26FN7O/c27-19-6-10-21(11-7-19)34-16-14-33(15-17-34)18-24-30-25(28)32-26(31-24)29-20-8-12-23(13-9-20)35-22-4-2-1-3-5-22/h1-13H,14-18H2,(H3,28,29,30,31,32). The van der Waals surface area contributed by atoms with Gasteiger partial charge in [-0.05, 0) is 60.7 Å². The molecule has 0 unspecified atom stereocenters. The van der Waals surface area contributed by atoms with Crippen LogP contribution in [0.5, 0.6) is 11.5 Å². The zero-order valence-electron chi connectivity index (χ0n) is 19.1. The van der Waals surface area contributed by atoms with Gasteiger partial charge in [0, 0.05) is 37.6 Å². The fourth-order valence-electron chi connectivity index (χ4n) is 3.94. The van der Waals surface area contributed by atoms with Gasteiger partial charge in [-0.25, -0.2) is 4.39 Å². The van der Waals surface area contributed by atoms with Crippen LogP contribution < -0.4 is 20.7 Å². The Labute approximate surface area is 203 Å². The van der Waals surface area contributed by atoms with Gasteiger partial charge in [0.1, 0.15) is 23.1 Å². The third kappa shape index (κ3) is 6.01. The lowest BCUT2D eigenvalue weighted by atomic mass is 10.2. The first-order valence-electron chi connectivity index (χ1n) is 11.4. The number of hydrogen-bond acceptors (Lipinski definition) is 8. The number of anilines is 4. The molecule has 5 rings (SSSR count). The molecular weight excluding hydrogens is 445 g/mol. The van der Waals surface area contributed by atoms with Gasteiger partial charge in [-0.3, -0.25) is 4.90 Å². The molecule has 3 N–H and O–H groups in total. The summed E-state index contributed by atoms with van der Waals surface area (Å²) in [6, 6.07) is 23.8. The summed E-state index contributed by atoms with van der Waals surface area (Å²) in [5.74, 6) is 2.47. The van der Waals surface area contributed by atoms with E-state index in [4.69, 9.17) is 10.5 Å². The van der Waals surface area contributed by atoms with Crippen molar-refractivity contribution in [3.63, 3.8) is 0 Å². The predicted octanol–water partition coefficient (Wildman–Crippen LogP) is 4.45. The van der Waals surface area contributed by atoms with Gasteiger partial charge >= 0.3 is 0 Å². The molecule has 1 saturated heterocycles. The summed E-state index contributed by atoms with van der Waals surface area (Å²) in [7, 11) is 0. The van der Waals surface area contributed by atoms with Crippen LogP contribution in [0.2, 0.25) is 0 Å². The van der Waals surface area contributed by atoms with Crippen LogP contribution in [-0.2, 0) is 6.54 Å². The summed E-state index contributed by atoms with van der Waals surface area (Å²) in [6.45, 7) is 3.94. The van der Waals surface area contributed by atoms with E-state index in [-0.39, 0.29) is 11.8 Å². The highest BCUT2D eigenvalue weighted by Gasteiger charge is 2.19. The minimum absolute atomic E-state index is 0.173. The van der Waals surface area contributed by atoms with Crippen LogP contribution in [0.4, 0.5) is 27.7 Å². The molecule has 1 aliphatic heterocycles. The van der Waals surface area contributed by atoms with Gasteiger partial charge in [0.05, 0.1) is 6.54 Å². The summed E-state index contributed by atoms with van der Waals surface area (Å²) >= 11 is 0. The van der Waals surface area contributed by atoms with Crippen LogP contribution >= 0.6 is 0 Å². The first-order valence-corrected chi connectivity index (χ1v) is 11.4. The van der Waals surface area contributed by atoms with Gasteiger partial charge in [-0.2, -0.15) is 15.0 Å². The zero-order valence-corrected chi connectivity index (χ0v) is 19.1. The molecule has 9 heteroatoms. The van der Waals surface area contributed by atoms with Crippen molar-refractivity contribution < 1.29 is 9.13 Å². The summed E-state index contributed by atoms with van der Waals surface area (Å²) in [6.07, 6.45) is 0. The highest BCUT2D eigenvalue weighted by molar-refractivity contribution is 5.55. The Balaban J connectivity index is 1.18. The van der Waals surface area contributed by atoms with Crippen LogP contribution in [0.25, 0.3) is 0 Å². The maximum atomic E-state index is 13.2. The summed E-state index contributed by atoms with van der Waals surface area (Å²) in [4.78, 5) is 17.6. The fourth-order valence-corrected chi connectivity index (χ4v) is 3.94. The minimum Gasteiger partial charge on any atom is -0.457 e. The number of ether oxygens (including phenoxy) is 1. The SMILES string of the molecule is Nc1nc(CN2CCN(c3ccc(F)cc3)CC2)nc(Nc2ccc(Oc3ccccc3)cc2)n1. The van der Waals surface area contributed by atoms with E-state index in [1.165, 1.54) is 12.1 Å². The average Bonchev–Trinajstić information content (AvgIpc) is 2.87. The number of nitrogens with zero attached hydrogens (tertiary/aromatic N) is 5. The lowest BCUT2D eigenvalue weighted by molar-refractivity contribution is 0.244. The third-order valence-electron chi connectivity index (χ3n) is 5.72. The number of halogens is 1. The van der Waals surface area contributed by atoms with Crippen molar-refractivity contribution in [3.8, 4) is 11.5 Å². The first kappa shape index (κ1) is 22.5. The van der Waals surface area contributed by atoms with Gasteiger partial charge in [-0.1, -0.05) is 18.2 Å². The van der Waals surface area contributed by atoms with E-state index in [1.54, 1.807) is 0 Å². The first-order chi connectivity index (χ1) is 17.1. The number of hydrogen-bond donors (Lipinski definition) is 2. The van der Waals surface area contributed by atoms with Crippen LogP contribution in [0.3, 0.4) is 0 Å². The second kappa shape index (κ2) is 10.4. The molecule has 0 atom stereocenters. The normalized spacial score (nSPS) is 14.0. The van der Waals surface area contributed by atoms with E-state index in [9.17, 15) is 4.39 Å². The van der Waals surface area contributed by atoms with Gasteiger partial charge < -0.3 is 20.7 Å². The van der Waals surface area contributed by atoms with Crippen molar-refractivity contribution in [2.75, 3.05) is 42.1 Å². The Bertz CT molecular complexity index is 1250. The smallest absolute Gasteiger partial charge is 0.232 e. The van der Waals surface area contributed by atoms with E-state index in [2.05, 4.69) is 30.1 Å². The second-order valence-electron chi connectivity index (χ2n) is 8.24. The number of nitrogens with two attached hydrogens (primary N) is 1. The van der Waals surface area contributed by atoms with Crippen LogP contribution in [-0.4, -0.2) is 46.0 Å². The molecule has 0 radical (unpaired) electrons. The second-order valence-corrected chi connectivity index (χ2v) is 8.24. The van der Waals surface area contributed by atoms with Crippen molar-refractivity contribution in [1.29, 1.82) is 0 Å². The van der Waals surface area contributed by atoms with Crippen molar-refractivity contribution >= 4 is 23.3 Å². The van der Waals surface area contributed by atoms with Gasteiger partial charge in [-0.15, -0.1) is 0 Å². The van der Waals surface area contributed by atoms with Gasteiger partial charge in [0.2, 0.25) is 11.9 Å². The fraction of sp³-hybridized carbons (Fsp3) is 0.192. The molecule has 35 heavy (non-hydrogen) atoms. The molecule has 1 fully saturated rings.